The third-order valence-electron chi connectivity index (χ3n) is 4.67. The number of likely N-dealkylation sites (tertiary alicyclic amines) is 1. The summed E-state index contributed by atoms with van der Waals surface area (Å²) in [6.45, 7) is 2.57. The molecule has 24 heavy (non-hydrogen) atoms. The van der Waals surface area contributed by atoms with Crippen LogP contribution in [0.15, 0.2) is 30.6 Å². The number of ketones is 1. The van der Waals surface area contributed by atoms with Crippen LogP contribution in [0, 0.1) is 5.92 Å². The van der Waals surface area contributed by atoms with E-state index in [1.807, 2.05) is 18.2 Å². The number of rotatable bonds is 6. The number of hydrogen-bond acceptors (Lipinski definition) is 5. The van der Waals surface area contributed by atoms with E-state index in [-0.39, 0.29) is 11.7 Å². The summed E-state index contributed by atoms with van der Waals surface area (Å²) in [5, 5.41) is 4.25. The highest BCUT2D eigenvalue weighted by atomic mass is 16.5. The first-order chi connectivity index (χ1) is 11.7. The highest BCUT2D eigenvalue weighted by Crippen LogP contribution is 2.20. The van der Waals surface area contributed by atoms with Gasteiger partial charge in [-0.2, -0.15) is 5.10 Å². The predicted molar refractivity (Wildman–Crippen MR) is 91.3 cm³/mol. The molecule has 2 aromatic rings. The molecule has 2 heterocycles. The summed E-state index contributed by atoms with van der Waals surface area (Å²) in [4.78, 5) is 19.2. The number of carbonyl (C=O) groups is 1. The van der Waals surface area contributed by atoms with E-state index < -0.39 is 0 Å². The molecular weight excluding hydrogens is 304 g/mol. The first-order valence-electron chi connectivity index (χ1n) is 8.41. The van der Waals surface area contributed by atoms with Crippen molar-refractivity contribution in [3.63, 3.8) is 0 Å². The lowest BCUT2D eigenvalue weighted by Crippen LogP contribution is -2.34. The van der Waals surface area contributed by atoms with Crippen LogP contribution in [-0.2, 0) is 13.0 Å². The van der Waals surface area contributed by atoms with Crippen molar-refractivity contribution >= 4 is 5.78 Å². The average Bonchev–Trinajstić information content (AvgIpc) is 3.09. The van der Waals surface area contributed by atoms with Crippen molar-refractivity contribution in [3.05, 3.63) is 42.0 Å². The molecule has 0 N–H and O–H groups in total. The molecule has 1 fully saturated rings. The maximum absolute atomic E-state index is 12.7. The molecule has 0 atom stereocenters. The fraction of sp³-hybridized carbons (Fsp3) is 0.500. The minimum absolute atomic E-state index is 0.0703. The van der Waals surface area contributed by atoms with Gasteiger partial charge >= 0.3 is 0 Å². The SMILES string of the molecule is COc1cccc(CCn2ncnc2C(=O)C2CCN(C)CC2)c1. The van der Waals surface area contributed by atoms with Crippen LogP contribution in [0.2, 0.25) is 0 Å². The lowest BCUT2D eigenvalue weighted by atomic mass is 9.92. The normalized spacial score (nSPS) is 16.2. The number of piperidine rings is 1. The fourth-order valence-corrected chi connectivity index (χ4v) is 3.13. The summed E-state index contributed by atoms with van der Waals surface area (Å²) in [5.41, 5.74) is 1.16. The number of aromatic nitrogens is 3. The zero-order valence-electron chi connectivity index (χ0n) is 14.3. The highest BCUT2D eigenvalue weighted by Gasteiger charge is 2.27. The van der Waals surface area contributed by atoms with Gasteiger partial charge in [-0.25, -0.2) is 9.67 Å². The molecule has 0 aliphatic carbocycles. The molecule has 6 nitrogen and oxygen atoms in total. The average molecular weight is 328 g/mol. The van der Waals surface area contributed by atoms with Crippen molar-refractivity contribution in [2.45, 2.75) is 25.8 Å². The molecule has 128 valence electrons. The summed E-state index contributed by atoms with van der Waals surface area (Å²) in [7, 11) is 3.76. The third kappa shape index (κ3) is 3.82. The van der Waals surface area contributed by atoms with Gasteiger partial charge in [0.25, 0.3) is 0 Å². The van der Waals surface area contributed by atoms with Crippen molar-refractivity contribution in [3.8, 4) is 5.75 Å². The maximum atomic E-state index is 12.7. The molecule has 1 aliphatic rings. The zero-order chi connectivity index (χ0) is 16.9. The highest BCUT2D eigenvalue weighted by molar-refractivity contribution is 5.94. The topological polar surface area (TPSA) is 60.2 Å². The molecule has 6 heteroatoms. The van der Waals surface area contributed by atoms with E-state index in [4.69, 9.17) is 4.74 Å². The molecule has 1 aromatic carbocycles. The van der Waals surface area contributed by atoms with Gasteiger partial charge in [-0.15, -0.1) is 0 Å². The van der Waals surface area contributed by atoms with Crippen molar-refractivity contribution < 1.29 is 9.53 Å². The van der Waals surface area contributed by atoms with Crippen LogP contribution in [0.1, 0.15) is 29.0 Å². The molecular formula is C18H24N4O2. The number of benzene rings is 1. The zero-order valence-corrected chi connectivity index (χ0v) is 14.3. The maximum Gasteiger partial charge on any atom is 0.202 e. The van der Waals surface area contributed by atoms with Crippen LogP contribution in [0.3, 0.4) is 0 Å². The molecule has 1 aromatic heterocycles. The number of ether oxygens (including phenoxy) is 1. The first-order valence-corrected chi connectivity index (χ1v) is 8.41. The molecule has 0 unspecified atom stereocenters. The van der Waals surface area contributed by atoms with Crippen LogP contribution in [0.25, 0.3) is 0 Å². The lowest BCUT2D eigenvalue weighted by Gasteiger charge is -2.27. The molecule has 0 spiro atoms. The van der Waals surface area contributed by atoms with Gasteiger partial charge in [0.1, 0.15) is 12.1 Å². The van der Waals surface area contributed by atoms with Crippen molar-refractivity contribution in [1.29, 1.82) is 0 Å². The van der Waals surface area contributed by atoms with Gasteiger partial charge in [-0.3, -0.25) is 4.79 Å². The second-order valence-corrected chi connectivity index (χ2v) is 6.35. The van der Waals surface area contributed by atoms with Gasteiger partial charge < -0.3 is 9.64 Å². The number of aryl methyl sites for hydroxylation is 2. The van der Waals surface area contributed by atoms with Gasteiger partial charge in [0.15, 0.2) is 5.82 Å². The Balaban J connectivity index is 1.65. The van der Waals surface area contributed by atoms with Crippen LogP contribution < -0.4 is 4.74 Å². The predicted octanol–water partition coefficient (Wildman–Crippen LogP) is 2.05. The number of hydrogen-bond donors (Lipinski definition) is 0. The Labute approximate surface area is 142 Å². The molecule has 0 saturated carbocycles. The largest absolute Gasteiger partial charge is 0.497 e. The third-order valence-corrected chi connectivity index (χ3v) is 4.67. The Hall–Kier alpha value is -2.21. The summed E-state index contributed by atoms with van der Waals surface area (Å²) in [5.74, 6) is 1.54. The smallest absolute Gasteiger partial charge is 0.202 e. The molecule has 3 rings (SSSR count). The molecule has 0 amide bonds. The number of carbonyl (C=O) groups excluding carboxylic acids is 1. The van der Waals surface area contributed by atoms with E-state index in [2.05, 4.69) is 28.1 Å². The Morgan fingerprint density at radius 2 is 2.12 bits per heavy atom. The van der Waals surface area contributed by atoms with Crippen LogP contribution in [-0.4, -0.2) is 52.7 Å². The van der Waals surface area contributed by atoms with E-state index in [0.29, 0.717) is 12.4 Å². The molecule has 1 saturated heterocycles. The van der Waals surface area contributed by atoms with Crippen molar-refractivity contribution in [1.82, 2.24) is 19.7 Å². The standard InChI is InChI=1S/C18H24N4O2/c1-21-9-7-15(8-10-21)17(23)18-19-13-20-22(18)11-6-14-4-3-5-16(12-14)24-2/h3-5,12-13,15H,6-11H2,1-2H3. The minimum Gasteiger partial charge on any atom is -0.497 e. The second-order valence-electron chi connectivity index (χ2n) is 6.35. The monoisotopic (exact) mass is 328 g/mol. The Morgan fingerprint density at radius 3 is 2.88 bits per heavy atom. The fourth-order valence-electron chi connectivity index (χ4n) is 3.13. The van der Waals surface area contributed by atoms with Crippen molar-refractivity contribution in [2.24, 2.45) is 5.92 Å². The van der Waals surface area contributed by atoms with Gasteiger partial charge in [0.2, 0.25) is 5.78 Å². The Kier molecular flexibility index (Phi) is 5.25. The van der Waals surface area contributed by atoms with Crippen LogP contribution in [0.5, 0.6) is 5.75 Å². The summed E-state index contributed by atoms with van der Waals surface area (Å²) in [6, 6.07) is 7.96. The lowest BCUT2D eigenvalue weighted by molar-refractivity contribution is 0.0839. The van der Waals surface area contributed by atoms with E-state index in [1.54, 1.807) is 11.8 Å². The van der Waals surface area contributed by atoms with E-state index in [1.165, 1.54) is 6.33 Å². The van der Waals surface area contributed by atoms with Gasteiger partial charge in [0.05, 0.1) is 7.11 Å². The van der Waals surface area contributed by atoms with Gasteiger partial charge in [-0.05, 0) is 57.1 Å². The summed E-state index contributed by atoms with van der Waals surface area (Å²) < 4.78 is 6.99. The summed E-state index contributed by atoms with van der Waals surface area (Å²) >= 11 is 0. The van der Waals surface area contributed by atoms with Crippen LogP contribution in [0.4, 0.5) is 0 Å². The van der Waals surface area contributed by atoms with Gasteiger partial charge in [-0.1, -0.05) is 12.1 Å². The van der Waals surface area contributed by atoms with E-state index in [9.17, 15) is 4.79 Å². The quantitative estimate of drug-likeness (QED) is 0.760. The van der Waals surface area contributed by atoms with E-state index in [0.717, 1.165) is 43.7 Å². The number of Topliss-reactive ketones (excluding diaryl/α,β-unsaturated/α-hetero) is 1. The van der Waals surface area contributed by atoms with Gasteiger partial charge in [0, 0.05) is 12.5 Å². The minimum atomic E-state index is 0.0703. The summed E-state index contributed by atoms with van der Waals surface area (Å²) in [6.07, 6.45) is 4.07. The first kappa shape index (κ1) is 16.6. The van der Waals surface area contributed by atoms with Crippen molar-refractivity contribution in [2.75, 3.05) is 27.2 Å². The van der Waals surface area contributed by atoms with Crippen LogP contribution >= 0.6 is 0 Å². The Bertz CT molecular complexity index is 690. The second kappa shape index (κ2) is 7.57. The molecule has 0 radical (unpaired) electrons. The van der Waals surface area contributed by atoms with E-state index >= 15 is 0 Å². The number of nitrogens with zero attached hydrogens (tertiary/aromatic N) is 4. The molecule has 0 bridgehead atoms. The molecule has 1 aliphatic heterocycles. The number of methoxy groups -OCH3 is 1. The Morgan fingerprint density at radius 1 is 1.33 bits per heavy atom.